The van der Waals surface area contributed by atoms with Gasteiger partial charge in [-0.1, -0.05) is 69.0 Å². The topological polar surface area (TPSA) is 49.4 Å². The maximum Gasteiger partial charge on any atom is 0.252 e. The standard InChI is InChI=1S/C26H31ClN2O2S/c1-18(2)19-8-14-23(15-9-19)29-24(30)16-32-17-26(29,20-10-12-21(27)13-11-20)25(31)28-22-6-4-3-5-7-22/h8-15,18,22H,3-7,16-17H2,1-2H3,(H,28,31)/t26-/m0/s1. The number of amides is 2. The first kappa shape index (κ1) is 23.2. The number of thioether (sulfide) groups is 1. The van der Waals surface area contributed by atoms with Crippen LogP contribution in [0.2, 0.25) is 5.02 Å². The van der Waals surface area contributed by atoms with E-state index < -0.39 is 5.54 Å². The Bertz CT molecular complexity index is 955. The number of nitrogens with zero attached hydrogens (tertiary/aromatic N) is 1. The van der Waals surface area contributed by atoms with Crippen LogP contribution in [0.5, 0.6) is 0 Å². The third-order valence-corrected chi connectivity index (χ3v) is 7.95. The van der Waals surface area contributed by atoms with Gasteiger partial charge in [-0.15, -0.1) is 11.8 Å². The average Bonchev–Trinajstić information content (AvgIpc) is 2.80. The summed E-state index contributed by atoms with van der Waals surface area (Å²) in [6.07, 6.45) is 5.47. The Hall–Kier alpha value is -1.98. The highest BCUT2D eigenvalue weighted by molar-refractivity contribution is 8.00. The van der Waals surface area contributed by atoms with Crippen LogP contribution in [0.1, 0.15) is 63.0 Å². The molecular formula is C26H31ClN2O2S. The van der Waals surface area contributed by atoms with Gasteiger partial charge in [-0.25, -0.2) is 0 Å². The maximum absolute atomic E-state index is 14.0. The SMILES string of the molecule is CC(C)c1ccc(N2C(=O)CSC[C@@]2(C(=O)NC2CCCCC2)c2ccc(Cl)cc2)cc1. The molecule has 0 aromatic heterocycles. The number of benzene rings is 2. The Morgan fingerprint density at radius 2 is 1.72 bits per heavy atom. The van der Waals surface area contributed by atoms with Crippen molar-refractivity contribution in [2.75, 3.05) is 16.4 Å². The van der Waals surface area contributed by atoms with E-state index in [4.69, 9.17) is 11.6 Å². The van der Waals surface area contributed by atoms with Crippen LogP contribution in [0.3, 0.4) is 0 Å². The lowest BCUT2D eigenvalue weighted by Crippen LogP contribution is -2.64. The first-order valence-electron chi connectivity index (χ1n) is 11.5. The predicted molar refractivity (Wildman–Crippen MR) is 133 cm³/mol. The van der Waals surface area contributed by atoms with Crippen molar-refractivity contribution in [2.24, 2.45) is 0 Å². The molecule has 4 rings (SSSR count). The van der Waals surface area contributed by atoms with Gasteiger partial charge < -0.3 is 5.32 Å². The third kappa shape index (κ3) is 4.55. The van der Waals surface area contributed by atoms with Crippen LogP contribution in [0.15, 0.2) is 48.5 Å². The van der Waals surface area contributed by atoms with E-state index in [0.717, 1.165) is 36.9 Å². The van der Waals surface area contributed by atoms with E-state index in [9.17, 15) is 9.59 Å². The summed E-state index contributed by atoms with van der Waals surface area (Å²) < 4.78 is 0. The zero-order valence-corrected chi connectivity index (χ0v) is 20.3. The van der Waals surface area contributed by atoms with E-state index in [2.05, 4.69) is 31.3 Å². The van der Waals surface area contributed by atoms with Crippen LogP contribution in [0.4, 0.5) is 5.69 Å². The van der Waals surface area contributed by atoms with Crippen molar-refractivity contribution in [1.82, 2.24) is 5.32 Å². The van der Waals surface area contributed by atoms with Crippen molar-refractivity contribution in [3.05, 3.63) is 64.7 Å². The lowest BCUT2D eigenvalue weighted by atomic mass is 9.86. The number of anilines is 1. The molecule has 4 nitrogen and oxygen atoms in total. The van der Waals surface area contributed by atoms with Gasteiger partial charge in [0.15, 0.2) is 5.54 Å². The Balaban J connectivity index is 1.80. The highest BCUT2D eigenvalue weighted by atomic mass is 35.5. The van der Waals surface area contributed by atoms with Crippen LogP contribution < -0.4 is 10.2 Å². The van der Waals surface area contributed by atoms with Crippen molar-refractivity contribution >= 4 is 40.9 Å². The van der Waals surface area contributed by atoms with E-state index in [0.29, 0.717) is 22.4 Å². The first-order chi connectivity index (χ1) is 15.4. The molecule has 0 spiro atoms. The Kier molecular flexibility index (Phi) is 7.16. The van der Waals surface area contributed by atoms with Crippen LogP contribution in [0.25, 0.3) is 0 Å². The van der Waals surface area contributed by atoms with Gasteiger partial charge in [0, 0.05) is 22.5 Å². The number of halogens is 1. The molecular weight excluding hydrogens is 440 g/mol. The van der Waals surface area contributed by atoms with Crippen LogP contribution in [-0.2, 0) is 15.1 Å². The molecule has 1 saturated carbocycles. The number of hydrogen-bond donors (Lipinski definition) is 1. The van der Waals surface area contributed by atoms with E-state index >= 15 is 0 Å². The molecule has 1 atom stereocenters. The molecule has 1 heterocycles. The lowest BCUT2D eigenvalue weighted by Gasteiger charge is -2.46. The summed E-state index contributed by atoms with van der Waals surface area (Å²) >= 11 is 7.69. The zero-order chi connectivity index (χ0) is 22.7. The minimum absolute atomic E-state index is 0.0488. The summed E-state index contributed by atoms with van der Waals surface area (Å²) in [5, 5.41) is 3.92. The van der Waals surface area contributed by atoms with E-state index in [1.807, 2.05) is 24.3 Å². The van der Waals surface area contributed by atoms with Gasteiger partial charge in [0.1, 0.15) is 0 Å². The molecule has 0 unspecified atom stereocenters. The average molecular weight is 471 g/mol. The number of carbonyl (C=O) groups is 2. The molecule has 6 heteroatoms. The molecule has 1 saturated heterocycles. The number of nitrogens with one attached hydrogen (secondary N) is 1. The highest BCUT2D eigenvalue weighted by Crippen LogP contribution is 2.41. The predicted octanol–water partition coefficient (Wildman–Crippen LogP) is 5.89. The fourth-order valence-electron chi connectivity index (χ4n) is 4.79. The van der Waals surface area contributed by atoms with Gasteiger partial charge in [-0.3, -0.25) is 14.5 Å². The second-order valence-corrected chi connectivity index (χ2v) is 10.6. The van der Waals surface area contributed by atoms with Gasteiger partial charge in [0.05, 0.1) is 5.75 Å². The monoisotopic (exact) mass is 470 g/mol. The highest BCUT2D eigenvalue weighted by Gasteiger charge is 2.51. The number of hydrogen-bond acceptors (Lipinski definition) is 3. The van der Waals surface area contributed by atoms with Crippen molar-refractivity contribution in [3.8, 4) is 0 Å². The molecule has 1 N–H and O–H groups in total. The molecule has 2 aliphatic rings. The van der Waals surface area contributed by atoms with Gasteiger partial charge in [0.25, 0.3) is 5.91 Å². The Morgan fingerprint density at radius 3 is 2.34 bits per heavy atom. The molecule has 170 valence electrons. The Morgan fingerprint density at radius 1 is 1.06 bits per heavy atom. The summed E-state index contributed by atoms with van der Waals surface area (Å²) in [5.74, 6) is 1.11. The minimum Gasteiger partial charge on any atom is -0.351 e. The lowest BCUT2D eigenvalue weighted by molar-refractivity contribution is -0.130. The van der Waals surface area contributed by atoms with Crippen LogP contribution in [0, 0.1) is 0 Å². The summed E-state index contributed by atoms with van der Waals surface area (Å²) in [5.41, 5.74) is 1.65. The summed E-state index contributed by atoms with van der Waals surface area (Å²) in [6.45, 7) is 4.29. The van der Waals surface area contributed by atoms with Gasteiger partial charge in [-0.05, 0) is 54.2 Å². The fraction of sp³-hybridized carbons (Fsp3) is 0.462. The van der Waals surface area contributed by atoms with E-state index in [-0.39, 0.29) is 17.9 Å². The number of carbonyl (C=O) groups excluding carboxylic acids is 2. The molecule has 2 fully saturated rings. The fourth-order valence-corrected chi connectivity index (χ4v) is 6.04. The Labute approximate surface area is 200 Å². The van der Waals surface area contributed by atoms with Crippen molar-refractivity contribution in [2.45, 2.75) is 63.5 Å². The first-order valence-corrected chi connectivity index (χ1v) is 13.0. The normalized spacial score (nSPS) is 22.2. The third-order valence-electron chi connectivity index (χ3n) is 6.62. The van der Waals surface area contributed by atoms with Gasteiger partial charge >= 0.3 is 0 Å². The largest absolute Gasteiger partial charge is 0.351 e. The van der Waals surface area contributed by atoms with Crippen LogP contribution in [-0.4, -0.2) is 29.4 Å². The number of rotatable bonds is 5. The molecule has 2 aromatic carbocycles. The summed E-state index contributed by atoms with van der Waals surface area (Å²) in [4.78, 5) is 29.1. The molecule has 0 bridgehead atoms. The van der Waals surface area contributed by atoms with Crippen LogP contribution >= 0.6 is 23.4 Å². The zero-order valence-electron chi connectivity index (χ0n) is 18.8. The second kappa shape index (κ2) is 9.88. The van der Waals surface area contributed by atoms with Crippen molar-refractivity contribution in [1.29, 1.82) is 0 Å². The maximum atomic E-state index is 14.0. The van der Waals surface area contributed by atoms with Crippen molar-refractivity contribution < 1.29 is 9.59 Å². The quantitative estimate of drug-likeness (QED) is 0.592. The minimum atomic E-state index is -1.11. The van der Waals surface area contributed by atoms with E-state index in [1.165, 1.54) is 23.7 Å². The smallest absolute Gasteiger partial charge is 0.252 e. The van der Waals surface area contributed by atoms with Gasteiger partial charge in [-0.2, -0.15) is 0 Å². The molecule has 2 amide bonds. The summed E-state index contributed by atoms with van der Waals surface area (Å²) in [6, 6.07) is 15.6. The molecule has 0 radical (unpaired) electrons. The molecule has 32 heavy (non-hydrogen) atoms. The summed E-state index contributed by atoms with van der Waals surface area (Å²) in [7, 11) is 0. The molecule has 1 aliphatic heterocycles. The second-order valence-electron chi connectivity index (χ2n) is 9.14. The van der Waals surface area contributed by atoms with Gasteiger partial charge in [0.2, 0.25) is 5.91 Å². The van der Waals surface area contributed by atoms with Crippen molar-refractivity contribution in [3.63, 3.8) is 0 Å². The molecule has 2 aromatic rings. The van der Waals surface area contributed by atoms with E-state index in [1.54, 1.807) is 17.0 Å². The molecule has 1 aliphatic carbocycles.